The zero-order valence-electron chi connectivity index (χ0n) is 11.6. The first-order valence-electron chi connectivity index (χ1n) is 7.04. The fraction of sp³-hybridized carbons (Fsp3) is 0.471. The first-order valence-corrected chi connectivity index (χ1v) is 7.04. The van der Waals surface area contributed by atoms with E-state index in [1.807, 2.05) is 30.3 Å². The average molecular weight is 255 g/mol. The van der Waals surface area contributed by atoms with Gasteiger partial charge in [0.05, 0.1) is 5.41 Å². The lowest BCUT2D eigenvalue weighted by molar-refractivity contribution is -0.126. The van der Waals surface area contributed by atoms with Gasteiger partial charge in [0.1, 0.15) is 5.78 Å². The van der Waals surface area contributed by atoms with Gasteiger partial charge in [-0.05, 0) is 35.8 Å². The largest absolute Gasteiger partial charge is 0.398 e. The summed E-state index contributed by atoms with van der Waals surface area (Å²) in [5, 5.41) is 0. The van der Waals surface area contributed by atoms with Gasteiger partial charge in [0, 0.05) is 12.1 Å². The van der Waals surface area contributed by atoms with Crippen LogP contribution in [-0.4, -0.2) is 5.78 Å². The van der Waals surface area contributed by atoms with Crippen molar-refractivity contribution in [1.29, 1.82) is 0 Å². The molecule has 2 atom stereocenters. The summed E-state index contributed by atoms with van der Waals surface area (Å²) < 4.78 is 0. The molecule has 0 aromatic heterocycles. The molecule has 2 aliphatic rings. The smallest absolute Gasteiger partial charge is 0.143 e. The van der Waals surface area contributed by atoms with Gasteiger partial charge < -0.3 is 5.73 Å². The highest BCUT2D eigenvalue weighted by Crippen LogP contribution is 2.64. The van der Waals surface area contributed by atoms with Crippen LogP contribution in [0.3, 0.4) is 0 Å². The summed E-state index contributed by atoms with van der Waals surface area (Å²) in [5.74, 6) is 0.970. The van der Waals surface area contributed by atoms with Crippen molar-refractivity contribution in [3.8, 4) is 0 Å². The van der Waals surface area contributed by atoms with E-state index in [2.05, 4.69) is 19.9 Å². The fourth-order valence-electron chi connectivity index (χ4n) is 4.00. The van der Waals surface area contributed by atoms with E-state index in [-0.39, 0.29) is 10.8 Å². The topological polar surface area (TPSA) is 43.1 Å². The van der Waals surface area contributed by atoms with Gasteiger partial charge in [0.25, 0.3) is 0 Å². The molecule has 1 aromatic carbocycles. The molecule has 2 heteroatoms. The minimum absolute atomic E-state index is 0.0874. The van der Waals surface area contributed by atoms with Crippen molar-refractivity contribution < 1.29 is 4.79 Å². The number of anilines is 1. The van der Waals surface area contributed by atoms with Gasteiger partial charge in [-0.15, -0.1) is 0 Å². The predicted molar refractivity (Wildman–Crippen MR) is 78.5 cm³/mol. The highest BCUT2D eigenvalue weighted by molar-refractivity contribution is 5.92. The lowest BCUT2D eigenvalue weighted by Gasteiger charge is -2.33. The Labute approximate surface area is 114 Å². The van der Waals surface area contributed by atoms with Crippen LogP contribution in [0.25, 0.3) is 6.08 Å². The third kappa shape index (κ3) is 1.59. The summed E-state index contributed by atoms with van der Waals surface area (Å²) in [6, 6.07) is 7.81. The number of benzene rings is 1. The maximum Gasteiger partial charge on any atom is 0.143 e. The Morgan fingerprint density at radius 3 is 2.63 bits per heavy atom. The normalized spacial score (nSPS) is 32.3. The molecule has 0 heterocycles. The number of nitrogens with two attached hydrogens (primary N) is 1. The summed E-state index contributed by atoms with van der Waals surface area (Å²) in [6.45, 7) is 4.49. The second-order valence-corrected chi connectivity index (χ2v) is 6.52. The zero-order chi connectivity index (χ0) is 13.7. The summed E-state index contributed by atoms with van der Waals surface area (Å²) >= 11 is 0. The van der Waals surface area contributed by atoms with E-state index < -0.39 is 0 Å². The lowest BCUT2D eigenvalue weighted by atomic mass is 9.68. The third-order valence-electron chi connectivity index (χ3n) is 5.53. The second kappa shape index (κ2) is 3.96. The summed E-state index contributed by atoms with van der Waals surface area (Å²) in [6.07, 6.45) is 7.10. The number of rotatable bonds is 2. The fourth-order valence-corrected chi connectivity index (χ4v) is 4.00. The monoisotopic (exact) mass is 255 g/mol. The Morgan fingerprint density at radius 2 is 2.05 bits per heavy atom. The molecule has 100 valence electrons. The van der Waals surface area contributed by atoms with Crippen LogP contribution in [0, 0.1) is 16.7 Å². The zero-order valence-corrected chi connectivity index (χ0v) is 11.6. The molecule has 0 amide bonds. The minimum Gasteiger partial charge on any atom is -0.398 e. The Morgan fingerprint density at radius 1 is 1.32 bits per heavy atom. The predicted octanol–water partition coefficient (Wildman–Crippen LogP) is 3.68. The average Bonchev–Trinajstić information content (AvgIpc) is 2.72. The molecule has 2 bridgehead atoms. The van der Waals surface area contributed by atoms with Crippen LogP contribution in [0.2, 0.25) is 0 Å². The molecule has 0 aliphatic heterocycles. The minimum atomic E-state index is -0.264. The molecule has 0 radical (unpaired) electrons. The number of carbonyl (C=O) groups excluding carboxylic acids is 1. The van der Waals surface area contributed by atoms with Gasteiger partial charge in [0.15, 0.2) is 0 Å². The lowest BCUT2D eigenvalue weighted by Crippen LogP contribution is -2.33. The van der Waals surface area contributed by atoms with E-state index >= 15 is 0 Å². The van der Waals surface area contributed by atoms with Crippen molar-refractivity contribution in [2.24, 2.45) is 16.7 Å². The third-order valence-corrected chi connectivity index (χ3v) is 5.53. The van der Waals surface area contributed by atoms with E-state index in [4.69, 9.17) is 5.73 Å². The number of fused-ring (bicyclic) bond motifs is 2. The van der Waals surface area contributed by atoms with E-state index in [9.17, 15) is 4.79 Å². The maximum atomic E-state index is 12.4. The van der Waals surface area contributed by atoms with E-state index in [0.29, 0.717) is 11.7 Å². The van der Waals surface area contributed by atoms with E-state index in [0.717, 1.165) is 24.1 Å². The molecule has 3 rings (SSSR count). The quantitative estimate of drug-likeness (QED) is 0.819. The van der Waals surface area contributed by atoms with Gasteiger partial charge >= 0.3 is 0 Å². The van der Waals surface area contributed by atoms with Crippen LogP contribution < -0.4 is 5.73 Å². The molecular weight excluding hydrogens is 234 g/mol. The van der Waals surface area contributed by atoms with Gasteiger partial charge in [-0.1, -0.05) is 44.2 Å². The number of nitrogen functional groups attached to an aromatic ring is 1. The number of Topliss-reactive ketones (excluding diaryl/α,β-unsaturated/α-hetero) is 1. The van der Waals surface area contributed by atoms with E-state index in [1.54, 1.807) is 0 Å². The van der Waals surface area contributed by atoms with Crippen molar-refractivity contribution in [3.05, 3.63) is 35.9 Å². The van der Waals surface area contributed by atoms with Crippen molar-refractivity contribution in [2.75, 3.05) is 5.73 Å². The highest BCUT2D eigenvalue weighted by atomic mass is 16.1. The molecule has 2 aliphatic carbocycles. The van der Waals surface area contributed by atoms with Crippen LogP contribution in [-0.2, 0) is 4.79 Å². The molecule has 0 saturated heterocycles. The van der Waals surface area contributed by atoms with Crippen molar-refractivity contribution in [3.63, 3.8) is 0 Å². The Balaban J connectivity index is 1.98. The number of ketones is 1. The molecule has 2 N–H and O–H groups in total. The Kier molecular flexibility index (Phi) is 2.60. The molecule has 2 nitrogen and oxygen atoms in total. The summed E-state index contributed by atoms with van der Waals surface area (Å²) in [4.78, 5) is 12.4. The van der Waals surface area contributed by atoms with Gasteiger partial charge in [-0.2, -0.15) is 0 Å². The van der Waals surface area contributed by atoms with Crippen LogP contribution in [0.1, 0.15) is 38.7 Å². The maximum absolute atomic E-state index is 12.4. The van der Waals surface area contributed by atoms with Crippen LogP contribution in [0.5, 0.6) is 0 Å². The van der Waals surface area contributed by atoms with Crippen molar-refractivity contribution in [1.82, 2.24) is 0 Å². The molecule has 2 fully saturated rings. The van der Waals surface area contributed by atoms with E-state index in [1.165, 1.54) is 6.42 Å². The van der Waals surface area contributed by atoms with Crippen molar-refractivity contribution in [2.45, 2.75) is 33.1 Å². The van der Waals surface area contributed by atoms with Crippen LogP contribution in [0.15, 0.2) is 30.3 Å². The van der Waals surface area contributed by atoms with Gasteiger partial charge in [-0.25, -0.2) is 0 Å². The molecule has 1 aromatic rings. The van der Waals surface area contributed by atoms with Gasteiger partial charge in [-0.3, -0.25) is 4.79 Å². The SMILES string of the molecule is CC1(C)C2CCC1(C=Cc1ccccc1N)C(=O)C2. The molecular formula is C17H21NO. The first-order chi connectivity index (χ1) is 8.97. The second-order valence-electron chi connectivity index (χ2n) is 6.52. The van der Waals surface area contributed by atoms with Crippen molar-refractivity contribution >= 4 is 17.5 Å². The summed E-state index contributed by atoms with van der Waals surface area (Å²) in [5.41, 5.74) is 7.57. The number of hydrogen-bond acceptors (Lipinski definition) is 2. The molecule has 2 saturated carbocycles. The Hall–Kier alpha value is -1.57. The number of para-hydroxylation sites is 1. The van der Waals surface area contributed by atoms with Crippen LogP contribution >= 0.6 is 0 Å². The molecule has 2 unspecified atom stereocenters. The molecule has 19 heavy (non-hydrogen) atoms. The highest BCUT2D eigenvalue weighted by Gasteiger charge is 2.62. The first kappa shape index (κ1) is 12.5. The van der Waals surface area contributed by atoms with Crippen LogP contribution in [0.4, 0.5) is 5.69 Å². The van der Waals surface area contributed by atoms with Gasteiger partial charge in [0.2, 0.25) is 0 Å². The standard InChI is InChI=1S/C17H21NO/c1-16(2)13-8-10-17(16,15(19)11-13)9-7-12-5-3-4-6-14(12)18/h3-7,9,13H,8,10-11,18H2,1-2H3. The number of carbonyl (C=O) groups is 1. The number of hydrogen-bond donors (Lipinski definition) is 1. The Bertz CT molecular complexity index is 558. The molecule has 0 spiro atoms. The summed E-state index contributed by atoms with van der Waals surface area (Å²) in [7, 11) is 0. The number of allylic oxidation sites excluding steroid dienone is 1.